The van der Waals surface area contributed by atoms with E-state index in [4.69, 9.17) is 4.74 Å². The Labute approximate surface area is 153 Å². The average molecular weight is 381 g/mol. The monoisotopic (exact) mass is 381 g/mol. The zero-order valence-corrected chi connectivity index (χ0v) is 14.4. The molecule has 0 saturated heterocycles. The fourth-order valence-electron chi connectivity index (χ4n) is 2.78. The van der Waals surface area contributed by atoms with Crippen molar-refractivity contribution < 1.29 is 22.3 Å². The maximum absolute atomic E-state index is 14.3. The SMILES string of the molecule is Fc1cc(-c2cccc(C(F)(F)F)c2)ccc1CO[C@H]1C[C@H](N=C=S)C1. The Kier molecular flexibility index (Phi) is 5.51. The van der Waals surface area contributed by atoms with E-state index in [2.05, 4.69) is 22.4 Å². The molecule has 0 N–H and O–H groups in total. The summed E-state index contributed by atoms with van der Waals surface area (Å²) in [6.45, 7) is 0.105. The molecule has 1 aliphatic carbocycles. The molecular formula is C19H15F4NOS. The maximum atomic E-state index is 14.3. The minimum atomic E-state index is -4.43. The molecule has 2 aromatic carbocycles. The lowest BCUT2D eigenvalue weighted by Gasteiger charge is -2.31. The number of isothiocyanates is 1. The summed E-state index contributed by atoms with van der Waals surface area (Å²) >= 11 is 4.54. The predicted molar refractivity (Wildman–Crippen MR) is 93.5 cm³/mol. The zero-order valence-electron chi connectivity index (χ0n) is 13.6. The standard InChI is InChI=1S/C19H15F4NOS/c20-18-7-13(12-2-1-3-15(6-12)19(21,22)23)4-5-14(18)10-25-17-8-16(9-17)24-11-26/h1-7,16-17H,8-10H2/t16-,17-. The summed E-state index contributed by atoms with van der Waals surface area (Å²) in [5, 5.41) is 2.33. The number of aliphatic imine (C=N–C) groups is 1. The van der Waals surface area contributed by atoms with Gasteiger partial charge in [0, 0.05) is 5.56 Å². The Balaban J connectivity index is 1.67. The van der Waals surface area contributed by atoms with Crippen LogP contribution >= 0.6 is 12.2 Å². The van der Waals surface area contributed by atoms with Gasteiger partial charge in [-0.3, -0.25) is 0 Å². The van der Waals surface area contributed by atoms with Gasteiger partial charge >= 0.3 is 6.18 Å². The number of halogens is 4. The number of ether oxygens (including phenoxy) is 1. The fourth-order valence-corrected chi connectivity index (χ4v) is 2.93. The summed E-state index contributed by atoms with van der Waals surface area (Å²) < 4.78 is 58.3. The lowest BCUT2D eigenvalue weighted by atomic mass is 9.90. The van der Waals surface area contributed by atoms with Crippen LogP contribution in [-0.4, -0.2) is 17.3 Å². The van der Waals surface area contributed by atoms with Gasteiger partial charge in [-0.1, -0.05) is 24.3 Å². The molecule has 7 heteroatoms. The second kappa shape index (κ2) is 7.66. The van der Waals surface area contributed by atoms with Gasteiger partial charge in [0.25, 0.3) is 0 Å². The van der Waals surface area contributed by atoms with E-state index >= 15 is 0 Å². The number of hydrogen-bond acceptors (Lipinski definition) is 3. The highest BCUT2D eigenvalue weighted by atomic mass is 32.1. The summed E-state index contributed by atoms with van der Waals surface area (Å²) in [6.07, 6.45) is -2.97. The number of benzene rings is 2. The average Bonchev–Trinajstić information content (AvgIpc) is 2.57. The van der Waals surface area contributed by atoms with Crippen LogP contribution in [-0.2, 0) is 17.5 Å². The van der Waals surface area contributed by atoms with E-state index in [0.29, 0.717) is 16.7 Å². The van der Waals surface area contributed by atoms with Gasteiger partial charge in [-0.25, -0.2) is 9.38 Å². The second-order valence-corrected chi connectivity index (χ2v) is 6.35. The van der Waals surface area contributed by atoms with Crippen molar-refractivity contribution in [2.45, 2.75) is 37.8 Å². The van der Waals surface area contributed by atoms with Crippen molar-refractivity contribution in [3.63, 3.8) is 0 Å². The van der Waals surface area contributed by atoms with Gasteiger partial charge in [-0.05, 0) is 54.4 Å². The summed E-state index contributed by atoms with van der Waals surface area (Å²) in [4.78, 5) is 3.95. The lowest BCUT2D eigenvalue weighted by Crippen LogP contribution is -2.34. The molecule has 0 unspecified atom stereocenters. The van der Waals surface area contributed by atoms with Crippen LogP contribution in [0, 0.1) is 5.82 Å². The molecule has 0 amide bonds. The first-order valence-corrected chi connectivity index (χ1v) is 8.42. The van der Waals surface area contributed by atoms with Crippen molar-refractivity contribution in [2.24, 2.45) is 4.99 Å². The Morgan fingerprint density at radius 1 is 1.12 bits per heavy atom. The van der Waals surface area contributed by atoms with Gasteiger partial charge in [-0.15, -0.1) is 0 Å². The molecule has 0 aliphatic heterocycles. The van der Waals surface area contributed by atoms with Crippen LogP contribution in [0.2, 0.25) is 0 Å². The molecule has 0 heterocycles. The topological polar surface area (TPSA) is 21.6 Å². The molecule has 0 radical (unpaired) electrons. The van der Waals surface area contributed by atoms with Gasteiger partial charge in [-0.2, -0.15) is 13.2 Å². The first-order chi connectivity index (χ1) is 12.4. The van der Waals surface area contributed by atoms with Crippen LogP contribution in [0.1, 0.15) is 24.0 Å². The summed E-state index contributed by atoms with van der Waals surface area (Å²) in [7, 11) is 0. The van der Waals surface area contributed by atoms with Crippen LogP contribution in [0.3, 0.4) is 0 Å². The number of alkyl halides is 3. The molecule has 0 aromatic heterocycles. The smallest absolute Gasteiger partial charge is 0.373 e. The van der Waals surface area contributed by atoms with Crippen molar-refractivity contribution in [2.75, 3.05) is 0 Å². The molecule has 0 spiro atoms. The first kappa shape index (κ1) is 18.7. The molecule has 2 nitrogen and oxygen atoms in total. The van der Waals surface area contributed by atoms with Gasteiger partial charge in [0.05, 0.1) is 29.5 Å². The summed E-state index contributed by atoms with van der Waals surface area (Å²) in [6, 6.07) is 9.32. The van der Waals surface area contributed by atoms with E-state index in [9.17, 15) is 17.6 Å². The molecule has 0 atom stereocenters. The molecule has 1 saturated carbocycles. The second-order valence-electron chi connectivity index (χ2n) is 6.16. The summed E-state index contributed by atoms with van der Waals surface area (Å²) in [5.74, 6) is -0.507. The van der Waals surface area contributed by atoms with Crippen molar-refractivity contribution in [1.82, 2.24) is 0 Å². The molecule has 2 aromatic rings. The van der Waals surface area contributed by atoms with Crippen molar-refractivity contribution in [3.05, 3.63) is 59.4 Å². The Hall–Kier alpha value is -2.08. The van der Waals surface area contributed by atoms with Crippen molar-refractivity contribution >= 4 is 17.4 Å². The Morgan fingerprint density at radius 2 is 1.85 bits per heavy atom. The highest BCUT2D eigenvalue weighted by Gasteiger charge is 2.31. The zero-order chi connectivity index (χ0) is 18.7. The van der Waals surface area contributed by atoms with E-state index in [1.807, 2.05) is 0 Å². The van der Waals surface area contributed by atoms with Crippen molar-refractivity contribution in [3.8, 4) is 11.1 Å². The van der Waals surface area contributed by atoms with Crippen molar-refractivity contribution in [1.29, 1.82) is 0 Å². The Morgan fingerprint density at radius 3 is 2.50 bits per heavy atom. The van der Waals surface area contributed by atoms with Gasteiger partial charge in [0.1, 0.15) is 5.82 Å². The van der Waals surface area contributed by atoms with Crippen LogP contribution in [0.4, 0.5) is 17.6 Å². The van der Waals surface area contributed by atoms with Gasteiger partial charge < -0.3 is 4.74 Å². The first-order valence-electron chi connectivity index (χ1n) is 8.01. The maximum Gasteiger partial charge on any atom is 0.416 e. The quantitative estimate of drug-likeness (QED) is 0.379. The van der Waals surface area contributed by atoms with E-state index in [1.54, 1.807) is 6.07 Å². The molecule has 136 valence electrons. The van der Waals surface area contributed by atoms with Crippen LogP contribution in [0.5, 0.6) is 0 Å². The highest BCUT2D eigenvalue weighted by Crippen LogP contribution is 2.33. The largest absolute Gasteiger partial charge is 0.416 e. The fraction of sp³-hybridized carbons (Fsp3) is 0.316. The van der Waals surface area contributed by atoms with E-state index < -0.39 is 17.6 Å². The summed E-state index contributed by atoms with van der Waals surface area (Å²) in [5.41, 5.74) is 0.297. The van der Waals surface area contributed by atoms with Crippen LogP contribution in [0.25, 0.3) is 11.1 Å². The normalized spacial score (nSPS) is 19.5. The van der Waals surface area contributed by atoms with E-state index in [0.717, 1.165) is 25.0 Å². The van der Waals surface area contributed by atoms with Crippen LogP contribution < -0.4 is 0 Å². The van der Waals surface area contributed by atoms with Gasteiger partial charge in [0.15, 0.2) is 0 Å². The molecule has 3 rings (SSSR count). The number of nitrogens with zero attached hydrogens (tertiary/aromatic N) is 1. The molecule has 1 fully saturated rings. The van der Waals surface area contributed by atoms with Gasteiger partial charge in [0.2, 0.25) is 0 Å². The third kappa shape index (κ3) is 4.36. The van der Waals surface area contributed by atoms with Crippen LogP contribution in [0.15, 0.2) is 47.5 Å². The molecule has 0 bridgehead atoms. The Bertz CT molecular complexity index is 840. The number of thiocarbonyl (C=S) groups is 1. The molecule has 26 heavy (non-hydrogen) atoms. The van der Waals surface area contributed by atoms with E-state index in [1.165, 1.54) is 24.3 Å². The predicted octanol–water partition coefficient (Wildman–Crippen LogP) is 5.66. The number of hydrogen-bond donors (Lipinski definition) is 0. The lowest BCUT2D eigenvalue weighted by molar-refractivity contribution is -0.137. The molecular weight excluding hydrogens is 366 g/mol. The van der Waals surface area contributed by atoms with E-state index in [-0.39, 0.29) is 18.8 Å². The third-order valence-corrected chi connectivity index (χ3v) is 4.46. The third-order valence-electron chi connectivity index (χ3n) is 4.36. The minimum absolute atomic E-state index is 0.00893. The minimum Gasteiger partial charge on any atom is -0.373 e. The highest BCUT2D eigenvalue weighted by molar-refractivity contribution is 7.78. The number of rotatable bonds is 5. The molecule has 1 aliphatic rings.